The zero-order valence-electron chi connectivity index (χ0n) is 53.9. The van der Waals surface area contributed by atoms with Crippen LogP contribution in [0.15, 0.2) is 146 Å². The first-order chi connectivity index (χ1) is 41.0. The lowest BCUT2D eigenvalue weighted by atomic mass is 10.0. The van der Waals surface area contributed by atoms with E-state index in [0.717, 1.165) is 128 Å². The van der Waals surface area contributed by atoms with Gasteiger partial charge in [0.1, 0.15) is 13.2 Å². The number of ether oxygens (including phenoxy) is 3. The molecule has 0 aliphatic rings. The zero-order valence-corrected chi connectivity index (χ0v) is 53.9. The summed E-state index contributed by atoms with van der Waals surface area (Å²) in [6, 6.07) is 0. The summed E-state index contributed by atoms with van der Waals surface area (Å²) in [5, 5.41) is 0. The third-order valence-corrected chi connectivity index (χ3v) is 14.3. The number of carbonyl (C=O) groups excluding carboxylic acids is 3. The Hall–Kier alpha value is -4.71. The van der Waals surface area contributed by atoms with Crippen molar-refractivity contribution < 1.29 is 28.6 Å². The molecule has 0 radical (unpaired) electrons. The van der Waals surface area contributed by atoms with Crippen molar-refractivity contribution in [3.05, 3.63) is 146 Å². The fraction of sp³-hybridized carbons (Fsp3) is 0.649. The molecular formula is C77H126O6. The first kappa shape index (κ1) is 78.3. The van der Waals surface area contributed by atoms with Crippen LogP contribution in [0, 0.1) is 0 Å². The maximum Gasteiger partial charge on any atom is 0.306 e. The second-order valence-corrected chi connectivity index (χ2v) is 22.3. The highest BCUT2D eigenvalue weighted by atomic mass is 16.6. The number of allylic oxidation sites excluding steroid dienone is 24. The van der Waals surface area contributed by atoms with Crippen molar-refractivity contribution in [3.8, 4) is 0 Å². The number of hydrogen-bond acceptors (Lipinski definition) is 6. The van der Waals surface area contributed by atoms with Crippen LogP contribution in [-0.2, 0) is 28.6 Å². The SMILES string of the molecule is CC/C=C\C/C=C\C/C=C\C/C=C\C/C=C\C/C=C\CCCCC(=O)OC(COC(=O)CCCCC/C=C\C/C=C\C/C=C\C/C=C\C/C=C\CC)COC(=O)CCCCCCCCCCCCCCC/C=C\CCCCCCCCCC. The Morgan fingerprint density at radius 2 is 0.470 bits per heavy atom. The second-order valence-electron chi connectivity index (χ2n) is 22.3. The summed E-state index contributed by atoms with van der Waals surface area (Å²) in [6.07, 6.45) is 100. The van der Waals surface area contributed by atoms with Crippen LogP contribution in [0.2, 0.25) is 0 Å². The molecule has 0 aromatic heterocycles. The van der Waals surface area contributed by atoms with Crippen molar-refractivity contribution >= 4 is 17.9 Å². The Labute approximate surface area is 512 Å². The van der Waals surface area contributed by atoms with Gasteiger partial charge in [-0.15, -0.1) is 0 Å². The Bertz CT molecular complexity index is 1800. The highest BCUT2D eigenvalue weighted by molar-refractivity contribution is 5.71. The topological polar surface area (TPSA) is 78.9 Å². The zero-order chi connectivity index (χ0) is 59.9. The van der Waals surface area contributed by atoms with Crippen molar-refractivity contribution in [2.24, 2.45) is 0 Å². The average molecular weight is 1150 g/mol. The van der Waals surface area contributed by atoms with Gasteiger partial charge in [0.05, 0.1) is 0 Å². The van der Waals surface area contributed by atoms with Gasteiger partial charge in [0.15, 0.2) is 6.10 Å². The number of hydrogen-bond donors (Lipinski definition) is 0. The predicted molar refractivity (Wildman–Crippen MR) is 362 cm³/mol. The minimum absolute atomic E-state index is 0.111. The highest BCUT2D eigenvalue weighted by Gasteiger charge is 2.19. The summed E-state index contributed by atoms with van der Waals surface area (Å²) in [6.45, 7) is 6.37. The molecule has 0 aliphatic carbocycles. The molecule has 0 aromatic rings. The van der Waals surface area contributed by atoms with E-state index in [2.05, 4.69) is 167 Å². The first-order valence-corrected chi connectivity index (χ1v) is 34.3. The first-order valence-electron chi connectivity index (χ1n) is 34.3. The second kappa shape index (κ2) is 69.8. The van der Waals surface area contributed by atoms with Gasteiger partial charge in [-0.05, 0) is 141 Å². The Morgan fingerprint density at radius 3 is 0.783 bits per heavy atom. The molecule has 0 aliphatic heterocycles. The molecule has 1 unspecified atom stereocenters. The minimum atomic E-state index is -0.824. The summed E-state index contributed by atoms with van der Waals surface area (Å²) in [4.78, 5) is 38.4. The summed E-state index contributed by atoms with van der Waals surface area (Å²) < 4.78 is 16.9. The van der Waals surface area contributed by atoms with Crippen LogP contribution in [0.3, 0.4) is 0 Å². The third kappa shape index (κ3) is 68.0. The molecule has 0 fully saturated rings. The van der Waals surface area contributed by atoms with Gasteiger partial charge in [0, 0.05) is 19.3 Å². The van der Waals surface area contributed by atoms with Gasteiger partial charge in [-0.2, -0.15) is 0 Å². The van der Waals surface area contributed by atoms with Crippen molar-refractivity contribution in [1.29, 1.82) is 0 Å². The predicted octanol–water partition coefficient (Wildman–Crippen LogP) is 23.9. The van der Waals surface area contributed by atoms with Crippen LogP contribution in [0.25, 0.3) is 0 Å². The van der Waals surface area contributed by atoms with Crippen LogP contribution >= 0.6 is 0 Å². The van der Waals surface area contributed by atoms with Crippen molar-refractivity contribution in [1.82, 2.24) is 0 Å². The van der Waals surface area contributed by atoms with E-state index in [-0.39, 0.29) is 37.5 Å². The molecule has 0 amide bonds. The summed E-state index contributed by atoms with van der Waals surface area (Å²) >= 11 is 0. The molecule has 0 bridgehead atoms. The van der Waals surface area contributed by atoms with Gasteiger partial charge in [-0.25, -0.2) is 0 Å². The summed E-state index contributed by atoms with van der Waals surface area (Å²) in [5.74, 6) is -0.984. The van der Waals surface area contributed by atoms with Gasteiger partial charge < -0.3 is 14.2 Å². The molecule has 6 heteroatoms. The molecule has 83 heavy (non-hydrogen) atoms. The quantitative estimate of drug-likeness (QED) is 0.0261. The molecule has 0 heterocycles. The van der Waals surface area contributed by atoms with Crippen LogP contribution in [-0.4, -0.2) is 37.2 Å². The third-order valence-electron chi connectivity index (χ3n) is 14.3. The lowest BCUT2D eigenvalue weighted by Gasteiger charge is -2.18. The van der Waals surface area contributed by atoms with E-state index >= 15 is 0 Å². The van der Waals surface area contributed by atoms with Gasteiger partial charge in [0.2, 0.25) is 0 Å². The number of esters is 3. The van der Waals surface area contributed by atoms with E-state index in [9.17, 15) is 14.4 Å². The van der Waals surface area contributed by atoms with Crippen molar-refractivity contribution in [2.75, 3.05) is 13.2 Å². The van der Waals surface area contributed by atoms with Crippen molar-refractivity contribution in [2.45, 2.75) is 309 Å². The molecule has 0 saturated heterocycles. The standard InChI is InChI=1S/C77H126O6/c1-4-7-10-13-16-19-22-25-28-31-34-36-37-38-39-41-43-46-49-52-55-58-61-64-67-70-76(79)82-73-74(72-81-75(78)69-66-63-60-57-54-51-48-45-42-33-30-27-24-21-18-15-12-9-6-3)83-77(80)71-68-65-62-59-56-53-50-47-44-40-35-32-29-26-23-20-17-14-11-8-5-2/h8-9,11-12,17-18,20-21,26-27,29-31,34-35,40,42,45,47,50-51,54,56,59,74H,4-7,10,13-16,19,22-25,28,32-33,36-39,41,43-44,46,48-49,52-53,55,57-58,60-73H2,1-3H3/b11-8-,12-9-,20-17-,21-18-,29-26-,30-27-,34-31-,40-35-,45-42-,50-47-,54-51-,59-56-. The Morgan fingerprint density at radius 1 is 0.253 bits per heavy atom. The molecule has 1 atom stereocenters. The molecular weight excluding hydrogens is 1020 g/mol. The fourth-order valence-corrected chi connectivity index (χ4v) is 9.23. The van der Waals surface area contributed by atoms with Crippen LogP contribution < -0.4 is 0 Å². The lowest BCUT2D eigenvalue weighted by Crippen LogP contribution is -2.30. The van der Waals surface area contributed by atoms with E-state index in [4.69, 9.17) is 14.2 Å². The summed E-state index contributed by atoms with van der Waals surface area (Å²) in [7, 11) is 0. The monoisotopic (exact) mass is 1150 g/mol. The maximum atomic E-state index is 12.9. The van der Waals surface area contributed by atoms with E-state index < -0.39 is 6.10 Å². The molecule has 0 aromatic carbocycles. The Kier molecular flexibility index (Phi) is 65.8. The van der Waals surface area contributed by atoms with Crippen LogP contribution in [0.5, 0.6) is 0 Å². The number of rotatable bonds is 61. The largest absolute Gasteiger partial charge is 0.462 e. The Balaban J connectivity index is 4.49. The van der Waals surface area contributed by atoms with E-state index in [1.165, 1.54) is 128 Å². The van der Waals surface area contributed by atoms with Gasteiger partial charge in [0.25, 0.3) is 0 Å². The smallest absolute Gasteiger partial charge is 0.306 e. The molecule has 470 valence electrons. The van der Waals surface area contributed by atoms with Crippen molar-refractivity contribution in [3.63, 3.8) is 0 Å². The fourth-order valence-electron chi connectivity index (χ4n) is 9.23. The maximum absolute atomic E-state index is 12.9. The summed E-state index contributed by atoms with van der Waals surface area (Å²) in [5.41, 5.74) is 0. The molecule has 6 nitrogen and oxygen atoms in total. The van der Waals surface area contributed by atoms with E-state index in [1.54, 1.807) is 0 Å². The average Bonchev–Trinajstić information content (AvgIpc) is 3.50. The molecule has 0 saturated carbocycles. The van der Waals surface area contributed by atoms with Gasteiger partial charge in [-0.1, -0.05) is 289 Å². The number of carbonyl (C=O) groups is 3. The van der Waals surface area contributed by atoms with Crippen LogP contribution in [0.4, 0.5) is 0 Å². The molecule has 0 N–H and O–H groups in total. The highest BCUT2D eigenvalue weighted by Crippen LogP contribution is 2.16. The molecule has 0 spiro atoms. The van der Waals surface area contributed by atoms with Gasteiger partial charge >= 0.3 is 17.9 Å². The molecule has 0 rings (SSSR count). The normalized spacial score (nSPS) is 13.0. The minimum Gasteiger partial charge on any atom is -0.462 e. The lowest BCUT2D eigenvalue weighted by molar-refractivity contribution is -0.167. The van der Waals surface area contributed by atoms with E-state index in [1.807, 2.05) is 0 Å². The van der Waals surface area contributed by atoms with E-state index in [0.29, 0.717) is 19.3 Å². The van der Waals surface area contributed by atoms with Gasteiger partial charge in [-0.3, -0.25) is 14.4 Å². The van der Waals surface area contributed by atoms with Crippen LogP contribution in [0.1, 0.15) is 303 Å². The number of unbranched alkanes of at least 4 members (excludes halogenated alkanes) is 26.